The number of nitrogens with one attached hydrogen (secondary N) is 1. The van der Waals surface area contributed by atoms with Crippen LogP contribution in [0, 0.1) is 0 Å². The van der Waals surface area contributed by atoms with Crippen molar-refractivity contribution in [3.05, 3.63) is 36.0 Å². The van der Waals surface area contributed by atoms with Gasteiger partial charge < -0.3 is 10.1 Å². The molecule has 0 spiro atoms. The first-order valence-electron chi connectivity index (χ1n) is 6.62. The van der Waals surface area contributed by atoms with Crippen LogP contribution in [0.4, 0.5) is 0 Å². The van der Waals surface area contributed by atoms with Gasteiger partial charge in [0.25, 0.3) is 0 Å². The van der Waals surface area contributed by atoms with Crippen molar-refractivity contribution in [3.63, 3.8) is 0 Å². The van der Waals surface area contributed by atoms with Crippen LogP contribution in [-0.2, 0) is 13.0 Å². The Morgan fingerprint density at radius 3 is 2.83 bits per heavy atom. The van der Waals surface area contributed by atoms with Gasteiger partial charge in [-0.15, -0.1) is 6.58 Å². The van der Waals surface area contributed by atoms with E-state index in [1.54, 1.807) is 0 Å². The molecule has 0 aliphatic heterocycles. The molecule has 0 saturated heterocycles. The summed E-state index contributed by atoms with van der Waals surface area (Å²) in [5.74, 6) is 0.719. The van der Waals surface area contributed by atoms with Gasteiger partial charge in [0.2, 0.25) is 5.88 Å². The molecule has 0 radical (unpaired) electrons. The van der Waals surface area contributed by atoms with Crippen LogP contribution >= 0.6 is 0 Å². The van der Waals surface area contributed by atoms with Crippen LogP contribution in [0.3, 0.4) is 0 Å². The summed E-state index contributed by atoms with van der Waals surface area (Å²) in [5, 5.41) is 3.41. The van der Waals surface area contributed by atoms with Crippen molar-refractivity contribution >= 4 is 0 Å². The molecule has 1 aromatic rings. The van der Waals surface area contributed by atoms with Crippen molar-refractivity contribution in [2.24, 2.45) is 0 Å². The van der Waals surface area contributed by atoms with Crippen LogP contribution in [0.15, 0.2) is 24.8 Å². The molecule has 18 heavy (non-hydrogen) atoms. The maximum absolute atomic E-state index is 5.63. The molecule has 0 aromatic carbocycles. The number of aromatic nitrogens is 1. The van der Waals surface area contributed by atoms with E-state index in [1.807, 2.05) is 12.1 Å². The lowest BCUT2D eigenvalue weighted by Gasteiger charge is -2.11. The monoisotopic (exact) mass is 248 g/mol. The lowest BCUT2D eigenvalue weighted by molar-refractivity contribution is 0.311. The van der Waals surface area contributed by atoms with Gasteiger partial charge in [0, 0.05) is 24.3 Å². The minimum atomic E-state index is 0.480. The fourth-order valence-electron chi connectivity index (χ4n) is 1.55. The van der Waals surface area contributed by atoms with Crippen LogP contribution in [0.2, 0.25) is 0 Å². The third-order valence-electron chi connectivity index (χ3n) is 2.56. The summed E-state index contributed by atoms with van der Waals surface area (Å²) in [6.45, 7) is 11.6. The maximum Gasteiger partial charge on any atom is 0.213 e. The molecule has 3 nitrogen and oxygen atoms in total. The zero-order chi connectivity index (χ0) is 13.4. The van der Waals surface area contributed by atoms with Crippen molar-refractivity contribution in [1.82, 2.24) is 10.3 Å². The molecule has 1 N–H and O–H groups in total. The van der Waals surface area contributed by atoms with Crippen molar-refractivity contribution in [2.45, 2.75) is 46.2 Å². The normalized spacial score (nSPS) is 10.7. The van der Waals surface area contributed by atoms with E-state index in [9.17, 15) is 0 Å². The van der Waals surface area contributed by atoms with E-state index in [-0.39, 0.29) is 0 Å². The topological polar surface area (TPSA) is 34.1 Å². The fraction of sp³-hybridized carbons (Fsp3) is 0.533. The predicted molar refractivity (Wildman–Crippen MR) is 75.9 cm³/mol. The van der Waals surface area contributed by atoms with E-state index < -0.39 is 0 Å². The predicted octanol–water partition coefficient (Wildman–Crippen LogP) is 3.10. The Morgan fingerprint density at radius 2 is 2.22 bits per heavy atom. The molecule has 1 rings (SSSR count). The molecule has 0 unspecified atom stereocenters. The zero-order valence-electron chi connectivity index (χ0n) is 11.7. The number of aryl methyl sites for hydroxylation is 1. The van der Waals surface area contributed by atoms with E-state index in [2.05, 4.69) is 43.7 Å². The van der Waals surface area contributed by atoms with Gasteiger partial charge in [-0.2, -0.15) is 0 Å². The first-order valence-corrected chi connectivity index (χ1v) is 6.62. The number of ether oxygens (including phenoxy) is 1. The molecule has 100 valence electrons. The SMILES string of the molecule is C=CCCOc1cc(CNC(C)C)cc(CC)n1. The summed E-state index contributed by atoms with van der Waals surface area (Å²) < 4.78 is 5.63. The van der Waals surface area contributed by atoms with Gasteiger partial charge in [0.05, 0.1) is 6.61 Å². The van der Waals surface area contributed by atoms with Crippen LogP contribution in [0.1, 0.15) is 38.4 Å². The van der Waals surface area contributed by atoms with E-state index in [4.69, 9.17) is 4.74 Å². The maximum atomic E-state index is 5.63. The Kier molecular flexibility index (Phi) is 6.44. The summed E-state index contributed by atoms with van der Waals surface area (Å²) in [4.78, 5) is 4.47. The molecular weight excluding hydrogens is 224 g/mol. The number of rotatable bonds is 8. The molecule has 0 bridgehead atoms. The van der Waals surface area contributed by atoms with Crippen molar-refractivity contribution < 1.29 is 4.74 Å². The molecule has 0 atom stereocenters. The first kappa shape index (κ1) is 14.7. The van der Waals surface area contributed by atoms with E-state index in [1.165, 1.54) is 5.56 Å². The highest BCUT2D eigenvalue weighted by atomic mass is 16.5. The number of hydrogen-bond donors (Lipinski definition) is 1. The van der Waals surface area contributed by atoms with Gasteiger partial charge in [-0.25, -0.2) is 4.98 Å². The average Bonchev–Trinajstić information content (AvgIpc) is 2.36. The van der Waals surface area contributed by atoms with E-state index in [0.29, 0.717) is 12.6 Å². The third kappa shape index (κ3) is 5.32. The van der Waals surface area contributed by atoms with Gasteiger partial charge in [-0.05, 0) is 24.5 Å². The van der Waals surface area contributed by atoms with Crippen LogP contribution in [0.5, 0.6) is 5.88 Å². The lowest BCUT2D eigenvalue weighted by Crippen LogP contribution is -2.22. The molecule has 3 heteroatoms. The minimum absolute atomic E-state index is 0.480. The number of hydrogen-bond acceptors (Lipinski definition) is 3. The highest BCUT2D eigenvalue weighted by Crippen LogP contribution is 2.14. The van der Waals surface area contributed by atoms with Gasteiger partial charge >= 0.3 is 0 Å². The van der Waals surface area contributed by atoms with Crippen LogP contribution in [0.25, 0.3) is 0 Å². The highest BCUT2D eigenvalue weighted by Gasteiger charge is 2.03. The van der Waals surface area contributed by atoms with Gasteiger partial charge in [-0.3, -0.25) is 0 Å². The van der Waals surface area contributed by atoms with Crippen molar-refractivity contribution in [1.29, 1.82) is 0 Å². The number of nitrogens with zero attached hydrogens (tertiary/aromatic N) is 1. The second-order valence-corrected chi connectivity index (χ2v) is 4.62. The highest BCUT2D eigenvalue weighted by molar-refractivity contribution is 5.25. The molecule has 0 aliphatic rings. The number of pyridine rings is 1. The second kappa shape index (κ2) is 7.88. The van der Waals surface area contributed by atoms with E-state index >= 15 is 0 Å². The Morgan fingerprint density at radius 1 is 1.44 bits per heavy atom. The molecule has 1 aromatic heterocycles. The first-order chi connectivity index (χ1) is 8.65. The molecular formula is C15H24N2O. The molecule has 0 aliphatic carbocycles. The van der Waals surface area contributed by atoms with Gasteiger partial charge in [0.15, 0.2) is 0 Å². The summed E-state index contributed by atoms with van der Waals surface area (Å²) in [6.07, 6.45) is 3.62. The summed E-state index contributed by atoms with van der Waals surface area (Å²) in [6, 6.07) is 4.63. The third-order valence-corrected chi connectivity index (χ3v) is 2.56. The molecule has 1 heterocycles. The summed E-state index contributed by atoms with van der Waals surface area (Å²) in [7, 11) is 0. The molecule has 0 saturated carbocycles. The van der Waals surface area contributed by atoms with Crippen molar-refractivity contribution in [3.8, 4) is 5.88 Å². The fourth-order valence-corrected chi connectivity index (χ4v) is 1.55. The van der Waals surface area contributed by atoms with Crippen molar-refractivity contribution in [2.75, 3.05) is 6.61 Å². The standard InChI is InChI=1S/C15H24N2O/c1-5-7-8-18-15-10-13(11-16-12(3)4)9-14(6-2)17-15/h5,9-10,12,16H,1,6-8,11H2,2-4H3. The summed E-state index contributed by atoms with van der Waals surface area (Å²) in [5.41, 5.74) is 2.30. The van der Waals surface area contributed by atoms with E-state index in [0.717, 1.165) is 31.0 Å². The quantitative estimate of drug-likeness (QED) is 0.567. The van der Waals surface area contributed by atoms with Crippen LogP contribution in [-0.4, -0.2) is 17.6 Å². The van der Waals surface area contributed by atoms with Crippen LogP contribution < -0.4 is 10.1 Å². The Hall–Kier alpha value is -1.35. The van der Waals surface area contributed by atoms with Gasteiger partial charge in [0.1, 0.15) is 0 Å². The smallest absolute Gasteiger partial charge is 0.213 e. The molecule has 0 amide bonds. The lowest BCUT2D eigenvalue weighted by atomic mass is 10.2. The average molecular weight is 248 g/mol. The summed E-state index contributed by atoms with van der Waals surface area (Å²) >= 11 is 0. The second-order valence-electron chi connectivity index (χ2n) is 4.62. The van der Waals surface area contributed by atoms with Gasteiger partial charge in [-0.1, -0.05) is 26.8 Å². The Bertz CT molecular complexity index is 375. The Labute approximate surface area is 110 Å². The Balaban J connectivity index is 2.70. The zero-order valence-corrected chi connectivity index (χ0v) is 11.7. The molecule has 0 fully saturated rings. The largest absolute Gasteiger partial charge is 0.477 e. The minimum Gasteiger partial charge on any atom is -0.477 e.